The van der Waals surface area contributed by atoms with E-state index < -0.39 is 0 Å². The normalized spacial score (nSPS) is 11.2. The van der Waals surface area contributed by atoms with E-state index in [0.717, 1.165) is 5.69 Å². The Hall–Kier alpha value is -1.86. The lowest BCUT2D eigenvalue weighted by Crippen LogP contribution is -2.11. The van der Waals surface area contributed by atoms with Crippen LogP contribution in [0.15, 0.2) is 34.2 Å². The molecule has 1 N–H and O–H groups in total. The first kappa shape index (κ1) is 15.1. The molecule has 0 saturated carbocycles. The number of nitrogens with one attached hydrogen (secondary N) is 1. The summed E-state index contributed by atoms with van der Waals surface area (Å²) in [4.78, 5) is 14.2. The van der Waals surface area contributed by atoms with Crippen LogP contribution in [0, 0.1) is 5.82 Å². The molecule has 3 aromatic rings. The smallest absolute Gasteiger partial charge is 0.252 e. The van der Waals surface area contributed by atoms with E-state index in [-0.39, 0.29) is 11.4 Å². The molecule has 0 atom stereocenters. The van der Waals surface area contributed by atoms with Gasteiger partial charge in [-0.15, -0.1) is 10.2 Å². The maximum atomic E-state index is 13.8. The van der Waals surface area contributed by atoms with Crippen molar-refractivity contribution in [2.24, 2.45) is 0 Å². The van der Waals surface area contributed by atoms with E-state index in [1.807, 2.05) is 6.92 Å². The van der Waals surface area contributed by atoms with Crippen LogP contribution in [0.3, 0.4) is 0 Å². The highest BCUT2D eigenvalue weighted by Crippen LogP contribution is 2.28. The molecule has 0 aliphatic heterocycles. The fourth-order valence-electron chi connectivity index (χ4n) is 2.13. The van der Waals surface area contributed by atoms with Gasteiger partial charge in [-0.25, -0.2) is 4.39 Å². The Morgan fingerprint density at radius 2 is 2.23 bits per heavy atom. The number of hydrogen-bond donors (Lipinski definition) is 1. The SMILES string of the molecule is CCc1cc(=O)[nH]c2nnc(SCc3c(F)cccc3Cl)n12. The van der Waals surface area contributed by atoms with Crippen molar-refractivity contribution in [1.29, 1.82) is 0 Å². The van der Waals surface area contributed by atoms with Gasteiger partial charge in [-0.2, -0.15) is 0 Å². The second-order valence-electron chi connectivity index (χ2n) is 4.61. The Labute approximate surface area is 134 Å². The Morgan fingerprint density at radius 1 is 1.41 bits per heavy atom. The summed E-state index contributed by atoms with van der Waals surface area (Å²) in [5, 5.41) is 8.98. The van der Waals surface area contributed by atoms with E-state index in [2.05, 4.69) is 15.2 Å². The van der Waals surface area contributed by atoms with E-state index in [4.69, 9.17) is 11.6 Å². The van der Waals surface area contributed by atoms with E-state index in [0.29, 0.717) is 33.7 Å². The molecule has 0 bridgehead atoms. The lowest BCUT2D eigenvalue weighted by molar-refractivity contribution is 0.617. The first-order chi connectivity index (χ1) is 10.6. The summed E-state index contributed by atoms with van der Waals surface area (Å²) in [6.45, 7) is 1.94. The van der Waals surface area contributed by atoms with Gasteiger partial charge < -0.3 is 0 Å². The molecule has 114 valence electrons. The second kappa shape index (κ2) is 6.10. The van der Waals surface area contributed by atoms with Crippen molar-refractivity contribution >= 4 is 29.1 Å². The van der Waals surface area contributed by atoms with Crippen LogP contribution >= 0.6 is 23.4 Å². The Kier molecular flexibility index (Phi) is 4.17. The molecule has 5 nitrogen and oxygen atoms in total. The Morgan fingerprint density at radius 3 is 2.95 bits per heavy atom. The van der Waals surface area contributed by atoms with Crippen LogP contribution in [-0.4, -0.2) is 19.6 Å². The zero-order valence-electron chi connectivity index (χ0n) is 11.6. The summed E-state index contributed by atoms with van der Waals surface area (Å²) in [6, 6.07) is 6.10. The fraction of sp³-hybridized carbons (Fsp3) is 0.214. The number of rotatable bonds is 4. The molecular weight excluding hydrogens is 327 g/mol. The van der Waals surface area contributed by atoms with E-state index in [1.165, 1.54) is 23.9 Å². The molecule has 0 saturated heterocycles. The molecule has 0 unspecified atom stereocenters. The summed E-state index contributed by atoms with van der Waals surface area (Å²) in [5.74, 6) is 0.360. The van der Waals surface area contributed by atoms with Gasteiger partial charge in [0.2, 0.25) is 5.78 Å². The van der Waals surface area contributed by atoms with E-state index in [1.54, 1.807) is 16.5 Å². The number of H-pyrrole nitrogens is 1. The van der Waals surface area contributed by atoms with Crippen LogP contribution in [0.4, 0.5) is 4.39 Å². The van der Waals surface area contributed by atoms with Crippen LogP contribution in [0.5, 0.6) is 0 Å². The number of thioether (sulfide) groups is 1. The summed E-state index contributed by atoms with van der Waals surface area (Å²) < 4.78 is 15.6. The molecule has 0 amide bonds. The van der Waals surface area contributed by atoms with Crippen molar-refractivity contribution in [1.82, 2.24) is 19.6 Å². The highest BCUT2D eigenvalue weighted by Gasteiger charge is 2.13. The summed E-state index contributed by atoms with van der Waals surface area (Å²) >= 11 is 7.34. The van der Waals surface area contributed by atoms with Crippen molar-refractivity contribution in [2.45, 2.75) is 24.3 Å². The minimum Gasteiger partial charge on any atom is -0.291 e. The van der Waals surface area contributed by atoms with Crippen molar-refractivity contribution in [3.8, 4) is 0 Å². The maximum absolute atomic E-state index is 13.8. The van der Waals surface area contributed by atoms with Crippen molar-refractivity contribution in [3.63, 3.8) is 0 Å². The van der Waals surface area contributed by atoms with Gasteiger partial charge in [0, 0.05) is 28.1 Å². The highest BCUT2D eigenvalue weighted by molar-refractivity contribution is 7.98. The topological polar surface area (TPSA) is 63.0 Å². The monoisotopic (exact) mass is 338 g/mol. The molecule has 2 aromatic heterocycles. The molecule has 0 spiro atoms. The third-order valence-electron chi connectivity index (χ3n) is 3.22. The minimum atomic E-state index is -0.349. The summed E-state index contributed by atoms with van der Waals surface area (Å²) in [6.07, 6.45) is 0.659. The van der Waals surface area contributed by atoms with E-state index in [9.17, 15) is 9.18 Å². The Balaban J connectivity index is 1.97. The molecule has 8 heteroatoms. The molecule has 0 radical (unpaired) electrons. The minimum absolute atomic E-state index is 0.217. The molecule has 2 heterocycles. The number of hydrogen-bond acceptors (Lipinski definition) is 4. The van der Waals surface area contributed by atoms with Crippen LogP contribution in [0.2, 0.25) is 5.02 Å². The van der Waals surface area contributed by atoms with Gasteiger partial charge in [0.05, 0.1) is 0 Å². The molecule has 0 aliphatic rings. The van der Waals surface area contributed by atoms with Crippen LogP contribution < -0.4 is 5.56 Å². The van der Waals surface area contributed by atoms with Crippen molar-refractivity contribution in [3.05, 3.63) is 56.7 Å². The highest BCUT2D eigenvalue weighted by atomic mass is 35.5. The van der Waals surface area contributed by atoms with Gasteiger partial charge in [-0.3, -0.25) is 14.2 Å². The van der Waals surface area contributed by atoms with Gasteiger partial charge in [0.1, 0.15) is 5.82 Å². The molecule has 1 aromatic carbocycles. The van der Waals surface area contributed by atoms with Gasteiger partial charge in [0.25, 0.3) is 5.56 Å². The standard InChI is InChI=1S/C14H12ClFN4OS/c1-2-8-6-12(21)17-13-18-19-14(20(8)13)22-7-9-10(15)4-3-5-11(9)16/h3-6H,2,7H2,1H3,(H,17,18,21). The fourth-order valence-corrected chi connectivity index (χ4v) is 3.44. The molecular formula is C14H12ClFN4OS. The van der Waals surface area contributed by atoms with E-state index >= 15 is 0 Å². The number of halogens is 2. The molecule has 3 rings (SSSR count). The second-order valence-corrected chi connectivity index (χ2v) is 5.96. The lowest BCUT2D eigenvalue weighted by atomic mass is 10.2. The van der Waals surface area contributed by atoms with Crippen molar-refractivity contribution < 1.29 is 4.39 Å². The predicted octanol–water partition coefficient (Wildman–Crippen LogP) is 3.06. The predicted molar refractivity (Wildman–Crippen MR) is 84.0 cm³/mol. The zero-order chi connectivity index (χ0) is 15.7. The average molecular weight is 339 g/mol. The number of nitrogens with zero attached hydrogens (tertiary/aromatic N) is 3. The summed E-state index contributed by atoms with van der Waals surface area (Å²) in [5.41, 5.74) is 1.00. The maximum Gasteiger partial charge on any atom is 0.252 e. The third kappa shape index (κ3) is 2.74. The quantitative estimate of drug-likeness (QED) is 0.743. The zero-order valence-corrected chi connectivity index (χ0v) is 13.2. The van der Waals surface area contributed by atoms with Gasteiger partial charge >= 0.3 is 0 Å². The van der Waals surface area contributed by atoms with Gasteiger partial charge in [-0.05, 0) is 18.6 Å². The lowest BCUT2D eigenvalue weighted by Gasteiger charge is -2.06. The number of benzene rings is 1. The Bertz CT molecular complexity index is 872. The number of aromatic nitrogens is 4. The van der Waals surface area contributed by atoms with Crippen molar-refractivity contribution in [2.75, 3.05) is 0 Å². The van der Waals surface area contributed by atoms with Crippen LogP contribution in [-0.2, 0) is 12.2 Å². The molecule has 22 heavy (non-hydrogen) atoms. The van der Waals surface area contributed by atoms with Crippen LogP contribution in [0.1, 0.15) is 18.2 Å². The van der Waals surface area contributed by atoms with Gasteiger partial charge in [0.15, 0.2) is 5.16 Å². The number of aryl methyl sites for hydroxylation is 1. The molecule has 0 fully saturated rings. The first-order valence-electron chi connectivity index (χ1n) is 6.63. The number of fused-ring (bicyclic) bond motifs is 1. The van der Waals surface area contributed by atoms with Crippen LogP contribution in [0.25, 0.3) is 5.78 Å². The number of aromatic amines is 1. The summed E-state index contributed by atoms with van der Waals surface area (Å²) in [7, 11) is 0. The largest absolute Gasteiger partial charge is 0.291 e. The molecule has 0 aliphatic carbocycles. The average Bonchev–Trinajstić information content (AvgIpc) is 2.89. The third-order valence-corrected chi connectivity index (χ3v) is 4.53. The first-order valence-corrected chi connectivity index (χ1v) is 7.99. The van der Waals surface area contributed by atoms with Gasteiger partial charge in [-0.1, -0.05) is 36.4 Å².